The van der Waals surface area contributed by atoms with Gasteiger partial charge in [-0.05, 0) is 24.6 Å². The van der Waals surface area contributed by atoms with Gasteiger partial charge in [0.25, 0.3) is 0 Å². The smallest absolute Gasteiger partial charge is 0.337 e. The van der Waals surface area contributed by atoms with E-state index >= 15 is 0 Å². The number of carbonyl (C=O) groups is 1. The van der Waals surface area contributed by atoms with E-state index in [0.29, 0.717) is 5.56 Å². The minimum Gasteiger partial charge on any atom is -0.465 e. The van der Waals surface area contributed by atoms with Gasteiger partial charge in [0.15, 0.2) is 4.96 Å². The highest BCUT2D eigenvalue weighted by Crippen LogP contribution is 2.28. The van der Waals surface area contributed by atoms with Gasteiger partial charge in [0.2, 0.25) is 0 Å². The SMILES string of the molecule is C=C(C)c1cn2c(-c3cccc(C(=O)OC)c3)csc2n1. The summed E-state index contributed by atoms with van der Waals surface area (Å²) in [5.41, 5.74) is 4.30. The van der Waals surface area contributed by atoms with Crippen LogP contribution >= 0.6 is 11.3 Å². The van der Waals surface area contributed by atoms with Crippen LogP contribution in [-0.2, 0) is 4.74 Å². The van der Waals surface area contributed by atoms with Gasteiger partial charge in [-0.3, -0.25) is 4.40 Å². The maximum atomic E-state index is 11.6. The highest BCUT2D eigenvalue weighted by molar-refractivity contribution is 7.15. The summed E-state index contributed by atoms with van der Waals surface area (Å²) in [7, 11) is 1.38. The zero-order valence-electron chi connectivity index (χ0n) is 11.8. The van der Waals surface area contributed by atoms with E-state index in [9.17, 15) is 4.79 Å². The van der Waals surface area contributed by atoms with Crippen molar-refractivity contribution in [2.45, 2.75) is 6.92 Å². The zero-order chi connectivity index (χ0) is 15.0. The Morgan fingerprint density at radius 3 is 2.95 bits per heavy atom. The minimum atomic E-state index is -0.337. The maximum Gasteiger partial charge on any atom is 0.337 e. The molecule has 0 unspecified atom stereocenters. The molecule has 0 amide bonds. The maximum absolute atomic E-state index is 11.6. The molecule has 0 bridgehead atoms. The lowest BCUT2D eigenvalue weighted by Crippen LogP contribution is -2.01. The van der Waals surface area contributed by atoms with Crippen LogP contribution in [0.25, 0.3) is 21.8 Å². The van der Waals surface area contributed by atoms with Crippen molar-refractivity contribution in [1.82, 2.24) is 9.38 Å². The van der Waals surface area contributed by atoms with Gasteiger partial charge < -0.3 is 4.74 Å². The second kappa shape index (κ2) is 5.18. The Kier molecular flexibility index (Phi) is 3.35. The number of benzene rings is 1. The van der Waals surface area contributed by atoms with Gasteiger partial charge in [0, 0.05) is 17.1 Å². The van der Waals surface area contributed by atoms with E-state index in [1.165, 1.54) is 7.11 Å². The van der Waals surface area contributed by atoms with Crippen molar-refractivity contribution in [2.24, 2.45) is 0 Å². The lowest BCUT2D eigenvalue weighted by Gasteiger charge is -2.03. The molecule has 4 nitrogen and oxygen atoms in total. The number of thiazole rings is 1. The molecule has 0 aliphatic carbocycles. The first kappa shape index (κ1) is 13.6. The van der Waals surface area contributed by atoms with E-state index in [4.69, 9.17) is 4.74 Å². The summed E-state index contributed by atoms with van der Waals surface area (Å²) in [6, 6.07) is 7.38. The predicted octanol–water partition coefficient (Wildman–Crippen LogP) is 3.88. The largest absolute Gasteiger partial charge is 0.465 e. The molecule has 21 heavy (non-hydrogen) atoms. The van der Waals surface area contributed by atoms with Gasteiger partial charge in [-0.1, -0.05) is 18.7 Å². The third-order valence-corrected chi connectivity index (χ3v) is 4.07. The molecular weight excluding hydrogens is 284 g/mol. The predicted molar refractivity (Wildman–Crippen MR) is 84.6 cm³/mol. The van der Waals surface area contributed by atoms with Crippen molar-refractivity contribution in [3.63, 3.8) is 0 Å². The van der Waals surface area contributed by atoms with Crippen LogP contribution in [0, 0.1) is 0 Å². The first-order valence-electron chi connectivity index (χ1n) is 6.41. The molecule has 2 heterocycles. The molecule has 0 N–H and O–H groups in total. The van der Waals surface area contributed by atoms with Crippen LogP contribution in [0.15, 0.2) is 42.4 Å². The van der Waals surface area contributed by atoms with Crippen LogP contribution in [0.4, 0.5) is 0 Å². The molecule has 5 heteroatoms. The Morgan fingerprint density at radius 2 is 2.24 bits per heavy atom. The van der Waals surface area contributed by atoms with Gasteiger partial charge in [-0.25, -0.2) is 9.78 Å². The first-order valence-corrected chi connectivity index (χ1v) is 7.29. The molecule has 2 aromatic heterocycles. The number of aromatic nitrogens is 2. The molecule has 0 radical (unpaired) electrons. The van der Waals surface area contributed by atoms with E-state index in [0.717, 1.165) is 27.5 Å². The van der Waals surface area contributed by atoms with Crippen molar-refractivity contribution in [3.8, 4) is 11.3 Å². The molecule has 0 aliphatic rings. The number of nitrogens with zero attached hydrogens (tertiary/aromatic N) is 2. The molecule has 0 fully saturated rings. The Hall–Kier alpha value is -2.40. The number of fused-ring (bicyclic) bond motifs is 1. The minimum absolute atomic E-state index is 0.337. The number of methoxy groups -OCH3 is 1. The van der Waals surface area contributed by atoms with E-state index < -0.39 is 0 Å². The summed E-state index contributed by atoms with van der Waals surface area (Å²) in [6.07, 6.45) is 1.97. The fraction of sp³-hybridized carbons (Fsp3) is 0.125. The molecule has 0 saturated carbocycles. The fourth-order valence-corrected chi connectivity index (χ4v) is 3.00. The summed E-state index contributed by atoms with van der Waals surface area (Å²) in [6.45, 7) is 5.85. The molecule has 0 saturated heterocycles. The van der Waals surface area contributed by atoms with Gasteiger partial charge in [-0.15, -0.1) is 11.3 Å². The molecule has 3 aromatic rings. The van der Waals surface area contributed by atoms with E-state index in [1.807, 2.05) is 41.1 Å². The number of ether oxygens (including phenoxy) is 1. The summed E-state index contributed by atoms with van der Waals surface area (Å²) in [4.78, 5) is 17.1. The summed E-state index contributed by atoms with van der Waals surface area (Å²) >= 11 is 1.56. The number of carbonyl (C=O) groups excluding carboxylic acids is 1. The van der Waals surface area contributed by atoms with Crippen LogP contribution < -0.4 is 0 Å². The van der Waals surface area contributed by atoms with E-state index in [2.05, 4.69) is 11.6 Å². The number of allylic oxidation sites excluding steroid dienone is 1. The molecule has 0 atom stereocenters. The Balaban J connectivity index is 2.12. The zero-order valence-corrected chi connectivity index (χ0v) is 12.6. The average Bonchev–Trinajstić information content (AvgIpc) is 3.06. The Labute approximate surface area is 126 Å². The lowest BCUT2D eigenvalue weighted by atomic mass is 10.1. The number of rotatable bonds is 3. The molecule has 3 rings (SSSR count). The highest BCUT2D eigenvalue weighted by Gasteiger charge is 2.12. The van der Waals surface area contributed by atoms with E-state index in [1.54, 1.807) is 17.4 Å². The van der Waals surface area contributed by atoms with Gasteiger partial charge in [0.1, 0.15) is 0 Å². The number of esters is 1. The van der Waals surface area contributed by atoms with Gasteiger partial charge >= 0.3 is 5.97 Å². The van der Waals surface area contributed by atoms with Crippen molar-refractivity contribution in [3.05, 3.63) is 53.7 Å². The van der Waals surface area contributed by atoms with Gasteiger partial charge in [-0.2, -0.15) is 0 Å². The van der Waals surface area contributed by atoms with E-state index in [-0.39, 0.29) is 5.97 Å². The second-order valence-corrected chi connectivity index (χ2v) is 5.59. The van der Waals surface area contributed by atoms with Crippen LogP contribution in [0.5, 0.6) is 0 Å². The molecule has 1 aromatic carbocycles. The van der Waals surface area contributed by atoms with Crippen LogP contribution in [0.1, 0.15) is 23.0 Å². The highest BCUT2D eigenvalue weighted by atomic mass is 32.1. The van der Waals surface area contributed by atoms with Crippen LogP contribution in [0.3, 0.4) is 0 Å². The Morgan fingerprint density at radius 1 is 1.43 bits per heavy atom. The van der Waals surface area contributed by atoms with Crippen molar-refractivity contribution < 1.29 is 9.53 Å². The quantitative estimate of drug-likeness (QED) is 0.689. The van der Waals surface area contributed by atoms with Gasteiger partial charge in [0.05, 0.1) is 24.1 Å². The Bertz CT molecular complexity index is 845. The van der Waals surface area contributed by atoms with Crippen LogP contribution in [-0.4, -0.2) is 22.5 Å². The first-order chi connectivity index (χ1) is 10.1. The van der Waals surface area contributed by atoms with Crippen molar-refractivity contribution >= 4 is 27.8 Å². The lowest BCUT2D eigenvalue weighted by molar-refractivity contribution is 0.0601. The van der Waals surface area contributed by atoms with Crippen molar-refractivity contribution in [1.29, 1.82) is 0 Å². The number of hydrogen-bond acceptors (Lipinski definition) is 4. The molecule has 106 valence electrons. The van der Waals surface area contributed by atoms with Crippen molar-refractivity contribution in [2.75, 3.05) is 7.11 Å². The normalized spacial score (nSPS) is 10.8. The standard InChI is InChI=1S/C16H14N2O2S/c1-10(2)13-8-18-14(9-21-16(18)17-13)11-5-4-6-12(7-11)15(19)20-3/h4-9H,1H2,2-3H3. The summed E-state index contributed by atoms with van der Waals surface area (Å²) < 4.78 is 6.78. The summed E-state index contributed by atoms with van der Waals surface area (Å²) in [5.74, 6) is -0.337. The summed E-state index contributed by atoms with van der Waals surface area (Å²) in [5, 5.41) is 2.03. The average molecular weight is 298 g/mol. The second-order valence-electron chi connectivity index (χ2n) is 4.75. The molecule has 0 aliphatic heterocycles. The fourth-order valence-electron chi connectivity index (χ4n) is 2.12. The number of hydrogen-bond donors (Lipinski definition) is 0. The molecular formula is C16H14N2O2S. The molecule has 0 spiro atoms. The topological polar surface area (TPSA) is 43.6 Å². The third-order valence-electron chi connectivity index (χ3n) is 3.23. The van der Waals surface area contributed by atoms with Crippen LogP contribution in [0.2, 0.25) is 0 Å². The third kappa shape index (κ3) is 2.36. The monoisotopic (exact) mass is 298 g/mol. The number of imidazole rings is 1.